The van der Waals surface area contributed by atoms with Gasteiger partial charge in [0, 0.05) is 25.3 Å². The summed E-state index contributed by atoms with van der Waals surface area (Å²) in [6.07, 6.45) is 2.76. The maximum absolute atomic E-state index is 8.54. The lowest BCUT2D eigenvalue weighted by molar-refractivity contribution is -0.0727. The van der Waals surface area contributed by atoms with Crippen LogP contribution in [0.2, 0.25) is 0 Å². The molecule has 0 saturated carbocycles. The van der Waals surface area contributed by atoms with E-state index in [1.165, 1.54) is 6.20 Å². The second-order valence-electron chi connectivity index (χ2n) is 3.09. The van der Waals surface area contributed by atoms with Crippen molar-refractivity contribution in [1.82, 2.24) is 4.98 Å². The van der Waals surface area contributed by atoms with Crippen LogP contribution in [-0.4, -0.2) is 24.3 Å². The highest BCUT2D eigenvalue weighted by molar-refractivity contribution is 5.28. The minimum absolute atomic E-state index is 0.215. The third-order valence-electron chi connectivity index (χ3n) is 2.08. The van der Waals surface area contributed by atoms with E-state index in [1.54, 1.807) is 12.1 Å². The van der Waals surface area contributed by atoms with Crippen LogP contribution in [0.15, 0.2) is 18.3 Å². The van der Waals surface area contributed by atoms with Crippen molar-refractivity contribution in [1.29, 1.82) is 5.26 Å². The molecule has 0 aromatic carbocycles. The number of aromatic nitrogens is 1. The van der Waals surface area contributed by atoms with E-state index >= 15 is 0 Å². The number of pyridine rings is 1. The molecule has 1 fully saturated rings. The number of ether oxygens (including phenoxy) is 2. The summed E-state index contributed by atoms with van der Waals surface area (Å²) in [4.78, 5) is 3.98. The Morgan fingerprint density at radius 1 is 1.64 bits per heavy atom. The Hall–Kier alpha value is -1.60. The van der Waals surface area contributed by atoms with E-state index in [0.29, 0.717) is 18.1 Å². The van der Waals surface area contributed by atoms with Gasteiger partial charge >= 0.3 is 0 Å². The van der Waals surface area contributed by atoms with E-state index in [2.05, 4.69) is 4.98 Å². The lowest BCUT2D eigenvalue weighted by Crippen LogP contribution is -2.32. The molecule has 1 aromatic heterocycles. The first kappa shape index (κ1) is 8.97. The van der Waals surface area contributed by atoms with Gasteiger partial charge < -0.3 is 9.47 Å². The molecule has 0 aliphatic carbocycles. The van der Waals surface area contributed by atoms with Crippen molar-refractivity contribution in [2.45, 2.75) is 12.5 Å². The van der Waals surface area contributed by atoms with Gasteiger partial charge in [-0.2, -0.15) is 5.26 Å². The number of hydrogen-bond acceptors (Lipinski definition) is 4. The van der Waals surface area contributed by atoms with Crippen LogP contribution in [0.25, 0.3) is 0 Å². The zero-order chi connectivity index (χ0) is 9.80. The molecule has 0 bridgehead atoms. The fourth-order valence-electron chi connectivity index (χ4n) is 1.13. The van der Waals surface area contributed by atoms with Crippen molar-refractivity contribution >= 4 is 0 Å². The molecule has 1 aliphatic rings. The smallest absolute Gasteiger partial charge is 0.213 e. The first-order valence-corrected chi connectivity index (χ1v) is 4.49. The standard InChI is InChI=1S/C10H10N2O2/c11-5-8-1-2-10(12-6-8)14-7-9-3-4-13-9/h1-2,6,9H,3-4,7H2. The van der Waals surface area contributed by atoms with Crippen molar-refractivity contribution in [3.63, 3.8) is 0 Å². The van der Waals surface area contributed by atoms with E-state index in [9.17, 15) is 0 Å². The van der Waals surface area contributed by atoms with E-state index in [0.717, 1.165) is 13.0 Å². The van der Waals surface area contributed by atoms with Gasteiger partial charge in [0.1, 0.15) is 12.7 Å². The van der Waals surface area contributed by atoms with Crippen LogP contribution in [0, 0.1) is 11.3 Å². The van der Waals surface area contributed by atoms with E-state index in [1.807, 2.05) is 6.07 Å². The summed E-state index contributed by atoms with van der Waals surface area (Å²) in [6, 6.07) is 5.37. The molecule has 0 spiro atoms. The molecule has 4 heteroatoms. The van der Waals surface area contributed by atoms with Crippen LogP contribution in [-0.2, 0) is 4.74 Å². The van der Waals surface area contributed by atoms with Gasteiger partial charge in [0.2, 0.25) is 5.88 Å². The zero-order valence-electron chi connectivity index (χ0n) is 7.64. The largest absolute Gasteiger partial charge is 0.475 e. The third kappa shape index (κ3) is 2.01. The normalized spacial score (nSPS) is 19.5. The number of nitrogens with zero attached hydrogens (tertiary/aromatic N) is 2. The number of hydrogen-bond donors (Lipinski definition) is 0. The maximum Gasteiger partial charge on any atom is 0.213 e. The van der Waals surface area contributed by atoms with Crippen molar-refractivity contribution in [3.05, 3.63) is 23.9 Å². The van der Waals surface area contributed by atoms with Crippen molar-refractivity contribution in [3.8, 4) is 11.9 Å². The minimum atomic E-state index is 0.215. The Morgan fingerprint density at radius 3 is 3.00 bits per heavy atom. The predicted octanol–water partition coefficient (Wildman–Crippen LogP) is 1.12. The summed E-state index contributed by atoms with van der Waals surface area (Å²) < 4.78 is 10.6. The van der Waals surface area contributed by atoms with Crippen molar-refractivity contribution in [2.24, 2.45) is 0 Å². The lowest BCUT2D eigenvalue weighted by atomic mass is 10.2. The molecule has 0 amide bonds. The molecule has 72 valence electrons. The van der Waals surface area contributed by atoms with Gasteiger partial charge in [0.25, 0.3) is 0 Å². The summed E-state index contributed by atoms with van der Waals surface area (Å²) in [7, 11) is 0. The summed E-state index contributed by atoms with van der Waals surface area (Å²) in [5.74, 6) is 0.541. The monoisotopic (exact) mass is 190 g/mol. The van der Waals surface area contributed by atoms with E-state index < -0.39 is 0 Å². The molecule has 1 atom stereocenters. The van der Waals surface area contributed by atoms with Crippen LogP contribution in [0.3, 0.4) is 0 Å². The Morgan fingerprint density at radius 2 is 2.50 bits per heavy atom. The van der Waals surface area contributed by atoms with Gasteiger partial charge in [-0.3, -0.25) is 0 Å². The molecule has 0 radical (unpaired) electrons. The molecule has 14 heavy (non-hydrogen) atoms. The molecule has 2 rings (SSSR count). The molecule has 4 nitrogen and oxygen atoms in total. The van der Waals surface area contributed by atoms with Gasteiger partial charge in [-0.15, -0.1) is 0 Å². The van der Waals surface area contributed by atoms with Crippen LogP contribution in [0.5, 0.6) is 5.88 Å². The van der Waals surface area contributed by atoms with Gasteiger partial charge in [-0.1, -0.05) is 0 Å². The van der Waals surface area contributed by atoms with E-state index in [-0.39, 0.29) is 6.10 Å². The minimum Gasteiger partial charge on any atom is -0.475 e. The lowest BCUT2D eigenvalue weighted by Gasteiger charge is -2.25. The van der Waals surface area contributed by atoms with Crippen molar-refractivity contribution < 1.29 is 9.47 Å². The molecule has 1 aromatic rings. The van der Waals surface area contributed by atoms with Gasteiger partial charge in [0.15, 0.2) is 0 Å². The SMILES string of the molecule is N#Cc1ccc(OCC2CCO2)nc1. The van der Waals surface area contributed by atoms with E-state index in [4.69, 9.17) is 14.7 Å². The summed E-state index contributed by atoms with van der Waals surface area (Å²) >= 11 is 0. The first-order valence-electron chi connectivity index (χ1n) is 4.49. The second kappa shape index (κ2) is 4.07. The summed E-state index contributed by atoms with van der Waals surface area (Å²) in [6.45, 7) is 1.37. The van der Waals surface area contributed by atoms with Crippen LogP contribution in [0.1, 0.15) is 12.0 Å². The average Bonchev–Trinajstić information content (AvgIpc) is 2.16. The highest BCUT2D eigenvalue weighted by Gasteiger charge is 2.18. The molecule has 1 saturated heterocycles. The Kier molecular flexibility index (Phi) is 2.61. The molecule has 1 aliphatic heterocycles. The Balaban J connectivity index is 1.86. The van der Waals surface area contributed by atoms with Crippen LogP contribution < -0.4 is 4.74 Å². The molecule has 1 unspecified atom stereocenters. The molecule has 0 N–H and O–H groups in total. The van der Waals surface area contributed by atoms with Crippen LogP contribution >= 0.6 is 0 Å². The fraction of sp³-hybridized carbons (Fsp3) is 0.400. The van der Waals surface area contributed by atoms with Gasteiger partial charge in [-0.05, 0) is 6.07 Å². The third-order valence-corrected chi connectivity index (χ3v) is 2.08. The topological polar surface area (TPSA) is 55.1 Å². The van der Waals surface area contributed by atoms with Crippen molar-refractivity contribution in [2.75, 3.05) is 13.2 Å². The summed E-state index contributed by atoms with van der Waals surface area (Å²) in [5, 5.41) is 8.54. The summed E-state index contributed by atoms with van der Waals surface area (Å²) in [5.41, 5.74) is 0.539. The zero-order valence-corrected chi connectivity index (χ0v) is 7.64. The Bertz CT molecular complexity index is 338. The highest BCUT2D eigenvalue weighted by atomic mass is 16.5. The second-order valence-corrected chi connectivity index (χ2v) is 3.09. The predicted molar refractivity (Wildman–Crippen MR) is 48.8 cm³/mol. The molecule has 2 heterocycles. The van der Waals surface area contributed by atoms with Gasteiger partial charge in [0.05, 0.1) is 11.7 Å². The van der Waals surface area contributed by atoms with Crippen LogP contribution in [0.4, 0.5) is 0 Å². The molecular weight excluding hydrogens is 180 g/mol. The first-order chi connectivity index (χ1) is 6.88. The average molecular weight is 190 g/mol. The molecular formula is C10H10N2O2. The Labute approximate surface area is 82.1 Å². The number of nitriles is 1. The fourth-order valence-corrected chi connectivity index (χ4v) is 1.13. The highest BCUT2D eigenvalue weighted by Crippen LogP contribution is 2.13. The van der Waals surface area contributed by atoms with Gasteiger partial charge in [-0.25, -0.2) is 4.98 Å². The number of rotatable bonds is 3. The quantitative estimate of drug-likeness (QED) is 0.716. The maximum atomic E-state index is 8.54.